The number of carbonyl (C=O) groups is 2. The summed E-state index contributed by atoms with van der Waals surface area (Å²) < 4.78 is 13.4. The highest BCUT2D eigenvalue weighted by Crippen LogP contribution is 2.40. The van der Waals surface area contributed by atoms with Gasteiger partial charge in [-0.1, -0.05) is 52.6 Å². The molecule has 1 aromatic heterocycles. The third-order valence-electron chi connectivity index (χ3n) is 6.49. The lowest BCUT2D eigenvalue weighted by molar-refractivity contribution is -0.120. The van der Waals surface area contributed by atoms with Crippen LogP contribution in [0.3, 0.4) is 0 Å². The van der Waals surface area contributed by atoms with Crippen LogP contribution in [-0.4, -0.2) is 24.2 Å². The van der Waals surface area contributed by atoms with Crippen LogP contribution in [0.1, 0.15) is 66.0 Å². The van der Waals surface area contributed by atoms with E-state index in [9.17, 15) is 14.0 Å². The number of fused-ring (bicyclic) bond motifs is 1. The van der Waals surface area contributed by atoms with E-state index < -0.39 is 14.0 Å². The zero-order valence-corrected chi connectivity index (χ0v) is 18.8. The van der Waals surface area contributed by atoms with Gasteiger partial charge in [-0.05, 0) is 46.9 Å². The normalized spacial score (nSPS) is 17.0. The number of benzene rings is 1. The molecule has 0 saturated carbocycles. The number of Topliss-reactive ketones (excluding diaryl/α,β-unsaturated/α-hetero) is 1. The van der Waals surface area contributed by atoms with E-state index in [2.05, 4.69) is 40.4 Å². The summed E-state index contributed by atoms with van der Waals surface area (Å²) in [5.41, 5.74) is 3.45. The summed E-state index contributed by atoms with van der Waals surface area (Å²) >= 11 is 0. The first kappa shape index (κ1) is 21.3. The van der Waals surface area contributed by atoms with Crippen molar-refractivity contribution in [1.82, 2.24) is 4.98 Å². The Morgan fingerprint density at radius 3 is 2.38 bits per heavy atom. The van der Waals surface area contributed by atoms with Crippen LogP contribution in [0.5, 0.6) is 0 Å². The second-order valence-electron chi connectivity index (χ2n) is 9.32. The molecular formula is C24H28FNO2Si. The van der Waals surface area contributed by atoms with Crippen molar-refractivity contribution in [3.63, 3.8) is 0 Å². The first-order chi connectivity index (χ1) is 13.5. The Hall–Kier alpha value is -2.40. The van der Waals surface area contributed by atoms with Gasteiger partial charge in [0.05, 0.1) is 11.6 Å². The zero-order valence-electron chi connectivity index (χ0n) is 17.8. The van der Waals surface area contributed by atoms with Crippen molar-refractivity contribution >= 4 is 25.3 Å². The molecule has 2 aromatic rings. The van der Waals surface area contributed by atoms with Gasteiger partial charge in [0.15, 0.2) is 0 Å². The van der Waals surface area contributed by atoms with Gasteiger partial charge in [-0.15, -0.1) is 0 Å². The molecule has 0 spiro atoms. The lowest BCUT2D eigenvalue weighted by Gasteiger charge is -2.36. The van der Waals surface area contributed by atoms with Gasteiger partial charge in [0.25, 0.3) is 0 Å². The second-order valence-corrected chi connectivity index (χ2v) is 14.5. The first-order valence-electron chi connectivity index (χ1n) is 9.96. The third kappa shape index (κ3) is 3.76. The maximum absolute atomic E-state index is 13.6. The van der Waals surface area contributed by atoms with Crippen LogP contribution in [0.15, 0.2) is 36.9 Å². The lowest BCUT2D eigenvalue weighted by atomic mass is 9.79. The molecule has 0 amide bonds. The van der Waals surface area contributed by atoms with E-state index in [0.29, 0.717) is 24.1 Å². The Kier molecular flexibility index (Phi) is 5.47. The molecule has 0 fully saturated rings. The van der Waals surface area contributed by atoms with E-state index >= 15 is 0 Å². The van der Waals surface area contributed by atoms with Crippen LogP contribution in [0, 0.1) is 5.82 Å². The number of pyridine rings is 1. The Balaban J connectivity index is 2.19. The standard InChI is InChI=1S/C24H28FNO2Si/c1-7-19-18(23(28)29(5,6)24(2,3)4)14-17-20(26-19)12-13-21(27)22(17)15-8-10-16(25)11-9-15/h7-11,14,22H,1,12-13H2,2-6H3. The van der Waals surface area contributed by atoms with Crippen molar-refractivity contribution in [2.75, 3.05) is 0 Å². The summed E-state index contributed by atoms with van der Waals surface area (Å²) in [6, 6.07) is 7.87. The smallest absolute Gasteiger partial charge is 0.145 e. The van der Waals surface area contributed by atoms with Gasteiger partial charge in [0.2, 0.25) is 0 Å². The molecule has 3 rings (SSSR count). The van der Waals surface area contributed by atoms with Crippen molar-refractivity contribution in [1.29, 1.82) is 0 Å². The van der Waals surface area contributed by atoms with E-state index in [-0.39, 0.29) is 22.0 Å². The molecule has 29 heavy (non-hydrogen) atoms. The van der Waals surface area contributed by atoms with E-state index in [0.717, 1.165) is 16.8 Å². The molecule has 0 radical (unpaired) electrons. The molecule has 1 heterocycles. The number of aromatic nitrogens is 1. The molecular weight excluding hydrogens is 381 g/mol. The minimum atomic E-state index is -2.33. The molecule has 152 valence electrons. The predicted molar refractivity (Wildman–Crippen MR) is 117 cm³/mol. The van der Waals surface area contributed by atoms with Crippen LogP contribution in [-0.2, 0) is 11.2 Å². The van der Waals surface area contributed by atoms with Gasteiger partial charge in [-0.25, -0.2) is 4.39 Å². The van der Waals surface area contributed by atoms with Crippen molar-refractivity contribution in [2.24, 2.45) is 0 Å². The largest absolute Gasteiger partial charge is 0.300 e. The number of halogens is 1. The summed E-state index contributed by atoms with van der Waals surface area (Å²) in [5.74, 6) is -0.786. The summed E-state index contributed by atoms with van der Waals surface area (Å²) in [7, 11) is -2.33. The Labute approximate surface area is 173 Å². The molecule has 1 atom stereocenters. The molecule has 5 heteroatoms. The van der Waals surface area contributed by atoms with Crippen molar-refractivity contribution in [3.05, 3.63) is 70.8 Å². The van der Waals surface area contributed by atoms with Crippen molar-refractivity contribution < 1.29 is 14.0 Å². The van der Waals surface area contributed by atoms with Crippen LogP contribution < -0.4 is 0 Å². The maximum Gasteiger partial charge on any atom is 0.145 e. The minimum Gasteiger partial charge on any atom is -0.300 e. The summed E-state index contributed by atoms with van der Waals surface area (Å²) in [4.78, 5) is 31.1. The molecule has 0 N–H and O–H groups in total. The fraction of sp³-hybridized carbons (Fsp3) is 0.375. The number of hydrogen-bond acceptors (Lipinski definition) is 3. The van der Waals surface area contributed by atoms with E-state index in [4.69, 9.17) is 4.98 Å². The van der Waals surface area contributed by atoms with Gasteiger partial charge in [-0.2, -0.15) is 0 Å². The SMILES string of the molecule is C=Cc1nc2c(cc1C(=O)[Si](C)(C)C(C)(C)C)C(c1ccc(F)cc1)C(=O)CC2. The van der Waals surface area contributed by atoms with Crippen LogP contribution >= 0.6 is 0 Å². The maximum atomic E-state index is 13.6. The Morgan fingerprint density at radius 1 is 1.21 bits per heavy atom. The first-order valence-corrected chi connectivity index (χ1v) is 13.0. The number of carbonyl (C=O) groups excluding carboxylic acids is 2. The zero-order chi connectivity index (χ0) is 21.6. The summed E-state index contributed by atoms with van der Waals surface area (Å²) in [5, 5.41) is -0.00369. The fourth-order valence-corrected chi connectivity index (χ4v) is 5.18. The number of aryl methyl sites for hydroxylation is 1. The van der Waals surface area contributed by atoms with E-state index in [1.165, 1.54) is 12.1 Å². The quantitative estimate of drug-likeness (QED) is 0.605. The molecule has 1 aliphatic rings. The van der Waals surface area contributed by atoms with Gasteiger partial charge in [0.1, 0.15) is 25.1 Å². The number of hydrogen-bond donors (Lipinski definition) is 0. The summed E-state index contributed by atoms with van der Waals surface area (Å²) in [6.45, 7) is 14.3. The van der Waals surface area contributed by atoms with Crippen LogP contribution in [0.4, 0.5) is 4.39 Å². The lowest BCUT2D eigenvalue weighted by Crippen LogP contribution is -2.46. The Morgan fingerprint density at radius 2 is 1.83 bits per heavy atom. The molecule has 1 aliphatic carbocycles. The van der Waals surface area contributed by atoms with Crippen LogP contribution in [0.25, 0.3) is 6.08 Å². The molecule has 0 saturated heterocycles. The summed E-state index contributed by atoms with van der Waals surface area (Å²) in [6.07, 6.45) is 2.55. The number of nitrogens with zero attached hydrogens (tertiary/aromatic N) is 1. The molecule has 1 unspecified atom stereocenters. The number of rotatable bonds is 4. The van der Waals surface area contributed by atoms with Gasteiger partial charge in [0, 0.05) is 17.7 Å². The van der Waals surface area contributed by atoms with Crippen LogP contribution in [0.2, 0.25) is 18.1 Å². The highest BCUT2D eigenvalue weighted by molar-refractivity contribution is 7.08. The second kappa shape index (κ2) is 7.45. The van der Waals surface area contributed by atoms with Crippen molar-refractivity contribution in [3.8, 4) is 0 Å². The topological polar surface area (TPSA) is 47.0 Å². The molecule has 1 aromatic carbocycles. The van der Waals surface area contributed by atoms with E-state index in [1.54, 1.807) is 18.2 Å². The van der Waals surface area contributed by atoms with Gasteiger partial charge < -0.3 is 0 Å². The average Bonchev–Trinajstić information content (AvgIpc) is 2.66. The Bertz CT molecular complexity index is 987. The highest BCUT2D eigenvalue weighted by Gasteiger charge is 2.44. The molecule has 3 nitrogen and oxygen atoms in total. The molecule has 0 aliphatic heterocycles. The predicted octanol–water partition coefficient (Wildman–Crippen LogP) is 5.74. The number of ketones is 1. The molecule has 0 bridgehead atoms. The van der Waals surface area contributed by atoms with Crippen molar-refractivity contribution in [2.45, 2.75) is 57.7 Å². The fourth-order valence-electron chi connectivity index (χ4n) is 3.63. The monoisotopic (exact) mass is 409 g/mol. The van der Waals surface area contributed by atoms with Gasteiger partial charge in [-0.3, -0.25) is 14.6 Å². The van der Waals surface area contributed by atoms with Gasteiger partial charge >= 0.3 is 0 Å². The average molecular weight is 410 g/mol. The third-order valence-corrected chi connectivity index (χ3v) is 11.6. The minimum absolute atomic E-state index is 0.0722. The highest BCUT2D eigenvalue weighted by atomic mass is 28.3. The van der Waals surface area contributed by atoms with E-state index in [1.807, 2.05) is 6.07 Å².